The molecule has 6 heteroatoms. The number of methoxy groups -OCH3 is 1. The zero-order valence-corrected chi connectivity index (χ0v) is 16.4. The minimum absolute atomic E-state index is 0.0341. The van der Waals surface area contributed by atoms with Crippen LogP contribution in [0.1, 0.15) is 37.1 Å². The smallest absolute Gasteiger partial charge is 0.237 e. The fourth-order valence-corrected chi connectivity index (χ4v) is 2.81. The second-order valence-corrected chi connectivity index (χ2v) is 6.72. The third kappa shape index (κ3) is 5.04. The van der Waals surface area contributed by atoms with Crippen LogP contribution in [0.15, 0.2) is 42.5 Å². The highest BCUT2D eigenvalue weighted by molar-refractivity contribution is 5.78. The topological polar surface area (TPSA) is 32.8 Å². The Morgan fingerprint density at radius 1 is 0.963 bits per heavy atom. The molecule has 2 rings (SSSR count). The molecule has 0 aliphatic carbocycles. The second-order valence-electron chi connectivity index (χ2n) is 6.72. The molecule has 0 saturated carbocycles. The molecule has 27 heavy (non-hydrogen) atoms. The molecule has 2 atom stereocenters. The summed E-state index contributed by atoms with van der Waals surface area (Å²) in [5.74, 6) is -1.13. The van der Waals surface area contributed by atoms with Gasteiger partial charge >= 0.3 is 0 Å². The number of rotatable bonds is 7. The van der Waals surface area contributed by atoms with Crippen molar-refractivity contribution in [2.24, 2.45) is 0 Å². The molecule has 0 aliphatic heterocycles. The molecule has 0 fully saturated rings. The first kappa shape index (κ1) is 20.8. The normalized spacial score (nSPS) is 13.3. The Labute approximate surface area is 159 Å². The molecule has 0 heterocycles. The van der Waals surface area contributed by atoms with E-state index in [1.807, 2.05) is 43.1 Å². The highest BCUT2D eigenvalue weighted by atomic mass is 19.2. The highest BCUT2D eigenvalue weighted by Gasteiger charge is 2.22. The summed E-state index contributed by atoms with van der Waals surface area (Å²) in [6.07, 6.45) is 0. The van der Waals surface area contributed by atoms with Crippen LogP contribution in [0.5, 0.6) is 5.75 Å². The van der Waals surface area contributed by atoms with E-state index >= 15 is 0 Å². The Morgan fingerprint density at radius 2 is 1.56 bits per heavy atom. The van der Waals surface area contributed by atoms with Crippen LogP contribution < -0.4 is 4.74 Å². The number of carbonyl (C=O) groups excluding carboxylic acids is 1. The molecule has 0 N–H and O–H groups in total. The Bertz CT molecular complexity index is 780. The summed E-state index contributed by atoms with van der Waals surface area (Å²) in [6.45, 7) is 4.02. The largest absolute Gasteiger partial charge is 0.497 e. The number of ether oxygens (including phenoxy) is 1. The summed E-state index contributed by atoms with van der Waals surface area (Å²) in [4.78, 5) is 16.1. The van der Waals surface area contributed by atoms with Gasteiger partial charge in [0.25, 0.3) is 0 Å². The fourth-order valence-electron chi connectivity index (χ4n) is 2.81. The van der Waals surface area contributed by atoms with Crippen LogP contribution in [0.25, 0.3) is 0 Å². The summed E-state index contributed by atoms with van der Waals surface area (Å²) in [5, 5.41) is 0. The van der Waals surface area contributed by atoms with E-state index < -0.39 is 11.6 Å². The maximum absolute atomic E-state index is 13.5. The van der Waals surface area contributed by atoms with E-state index in [9.17, 15) is 13.6 Å². The van der Waals surface area contributed by atoms with E-state index in [-0.39, 0.29) is 24.5 Å². The zero-order chi connectivity index (χ0) is 20.1. The van der Waals surface area contributed by atoms with Crippen molar-refractivity contribution in [1.29, 1.82) is 0 Å². The third-order valence-electron chi connectivity index (χ3n) is 5.04. The van der Waals surface area contributed by atoms with Gasteiger partial charge in [0.15, 0.2) is 11.6 Å². The van der Waals surface area contributed by atoms with Gasteiger partial charge in [-0.15, -0.1) is 0 Å². The molecule has 2 unspecified atom stereocenters. The maximum atomic E-state index is 13.5. The molecule has 0 spiro atoms. The van der Waals surface area contributed by atoms with Crippen LogP contribution in [-0.2, 0) is 4.79 Å². The summed E-state index contributed by atoms with van der Waals surface area (Å²) in [5.41, 5.74) is 1.62. The molecule has 0 saturated heterocycles. The van der Waals surface area contributed by atoms with Gasteiger partial charge in [-0.2, -0.15) is 0 Å². The van der Waals surface area contributed by atoms with Crippen molar-refractivity contribution < 1.29 is 18.3 Å². The number of hydrogen-bond donors (Lipinski definition) is 0. The van der Waals surface area contributed by atoms with Gasteiger partial charge in [-0.1, -0.05) is 18.2 Å². The molecule has 0 aromatic heterocycles. The standard InChI is InChI=1S/C21H26F2N2O2/c1-14(16-6-9-18(27-5)10-7-16)24(3)13-21(26)25(4)15(2)17-8-11-19(22)20(23)12-17/h6-12,14-15H,13H2,1-5H3. The van der Waals surface area contributed by atoms with Gasteiger partial charge in [0, 0.05) is 13.1 Å². The monoisotopic (exact) mass is 376 g/mol. The number of halogens is 2. The second kappa shape index (κ2) is 8.95. The predicted molar refractivity (Wildman–Crippen MR) is 102 cm³/mol. The van der Waals surface area contributed by atoms with Crippen LogP contribution in [-0.4, -0.2) is 43.5 Å². The summed E-state index contributed by atoms with van der Waals surface area (Å²) >= 11 is 0. The minimum Gasteiger partial charge on any atom is -0.497 e. The number of nitrogens with zero attached hydrogens (tertiary/aromatic N) is 2. The van der Waals surface area contributed by atoms with Gasteiger partial charge in [0.05, 0.1) is 19.7 Å². The average molecular weight is 376 g/mol. The van der Waals surface area contributed by atoms with Crippen molar-refractivity contribution in [3.05, 3.63) is 65.2 Å². The van der Waals surface area contributed by atoms with Crippen molar-refractivity contribution in [2.75, 3.05) is 27.7 Å². The minimum atomic E-state index is -0.912. The van der Waals surface area contributed by atoms with Crippen molar-refractivity contribution in [1.82, 2.24) is 9.80 Å². The van der Waals surface area contributed by atoms with Crippen LogP contribution in [0.3, 0.4) is 0 Å². The predicted octanol–water partition coefficient (Wildman–Crippen LogP) is 4.19. The fraction of sp³-hybridized carbons (Fsp3) is 0.381. The lowest BCUT2D eigenvalue weighted by atomic mass is 10.1. The molecular weight excluding hydrogens is 350 g/mol. The first-order valence-corrected chi connectivity index (χ1v) is 8.79. The van der Waals surface area contributed by atoms with Gasteiger partial charge in [0.1, 0.15) is 5.75 Å². The van der Waals surface area contributed by atoms with Crippen molar-refractivity contribution in [2.45, 2.75) is 25.9 Å². The Kier molecular flexibility index (Phi) is 6.91. The van der Waals surface area contributed by atoms with E-state index in [0.717, 1.165) is 23.4 Å². The van der Waals surface area contributed by atoms with E-state index in [1.165, 1.54) is 6.07 Å². The van der Waals surface area contributed by atoms with Gasteiger partial charge in [0.2, 0.25) is 5.91 Å². The van der Waals surface area contributed by atoms with Crippen molar-refractivity contribution in [3.8, 4) is 5.75 Å². The van der Waals surface area contributed by atoms with Gasteiger partial charge < -0.3 is 9.64 Å². The SMILES string of the molecule is COc1ccc(C(C)N(C)CC(=O)N(C)C(C)c2ccc(F)c(F)c2)cc1. The Morgan fingerprint density at radius 3 is 2.11 bits per heavy atom. The summed E-state index contributed by atoms with van der Waals surface area (Å²) in [6, 6.07) is 11.1. The molecule has 2 aromatic rings. The molecule has 0 radical (unpaired) electrons. The first-order chi connectivity index (χ1) is 12.7. The average Bonchev–Trinajstić information content (AvgIpc) is 2.68. The summed E-state index contributed by atoms with van der Waals surface area (Å²) in [7, 11) is 5.16. The Balaban J connectivity index is 2.02. The summed E-state index contributed by atoms with van der Waals surface area (Å²) < 4.78 is 31.8. The van der Waals surface area contributed by atoms with Gasteiger partial charge in [-0.05, 0) is 56.3 Å². The number of carbonyl (C=O) groups is 1. The number of likely N-dealkylation sites (N-methyl/N-ethyl adjacent to an activating group) is 2. The van der Waals surface area contributed by atoms with E-state index in [0.29, 0.717) is 5.56 Å². The molecule has 0 aliphatic rings. The molecule has 4 nitrogen and oxygen atoms in total. The van der Waals surface area contributed by atoms with Crippen molar-refractivity contribution >= 4 is 5.91 Å². The Hall–Kier alpha value is -2.47. The quantitative estimate of drug-likeness (QED) is 0.727. The lowest BCUT2D eigenvalue weighted by molar-refractivity contribution is -0.133. The molecule has 146 valence electrons. The van der Waals surface area contributed by atoms with Gasteiger partial charge in [-0.25, -0.2) is 8.78 Å². The zero-order valence-electron chi connectivity index (χ0n) is 16.4. The molecule has 1 amide bonds. The van der Waals surface area contributed by atoms with Crippen LogP contribution in [0, 0.1) is 11.6 Å². The van der Waals surface area contributed by atoms with Crippen molar-refractivity contribution in [3.63, 3.8) is 0 Å². The van der Waals surface area contributed by atoms with Crippen LogP contribution >= 0.6 is 0 Å². The molecule has 0 bridgehead atoms. The van der Waals surface area contributed by atoms with E-state index in [4.69, 9.17) is 4.74 Å². The lowest BCUT2D eigenvalue weighted by Gasteiger charge is -2.30. The number of benzene rings is 2. The first-order valence-electron chi connectivity index (χ1n) is 8.79. The van der Waals surface area contributed by atoms with Gasteiger partial charge in [-0.3, -0.25) is 9.69 Å². The molecule has 2 aromatic carbocycles. The molecular formula is C21H26F2N2O2. The third-order valence-corrected chi connectivity index (χ3v) is 5.04. The number of hydrogen-bond acceptors (Lipinski definition) is 3. The number of amides is 1. The van der Waals surface area contributed by atoms with Crippen LogP contribution in [0.4, 0.5) is 8.78 Å². The van der Waals surface area contributed by atoms with Crippen LogP contribution in [0.2, 0.25) is 0 Å². The highest BCUT2D eigenvalue weighted by Crippen LogP contribution is 2.24. The maximum Gasteiger partial charge on any atom is 0.237 e. The van der Waals surface area contributed by atoms with E-state index in [1.54, 1.807) is 26.0 Å². The van der Waals surface area contributed by atoms with E-state index in [2.05, 4.69) is 0 Å². The lowest BCUT2D eigenvalue weighted by Crippen LogP contribution is -2.38.